The van der Waals surface area contributed by atoms with Gasteiger partial charge in [0, 0.05) is 26.7 Å². The molecule has 1 atom stereocenters. The highest BCUT2D eigenvalue weighted by Crippen LogP contribution is 2.21. The Morgan fingerprint density at radius 2 is 2.17 bits per heavy atom. The molecule has 108 valence electrons. The zero-order valence-corrected chi connectivity index (χ0v) is 12.0. The molecule has 0 amide bonds. The molecule has 1 rings (SSSR count). The smallest absolute Gasteiger partial charge is 0.211 e. The molecular weight excluding hydrogens is 256 g/mol. The van der Waals surface area contributed by atoms with Crippen molar-refractivity contribution in [2.24, 2.45) is 0 Å². The fourth-order valence-electron chi connectivity index (χ4n) is 1.87. The molecule has 1 unspecified atom stereocenters. The van der Waals surface area contributed by atoms with Gasteiger partial charge in [-0.15, -0.1) is 0 Å². The Kier molecular flexibility index (Phi) is 6.51. The SMILES string of the molecule is CNCCCCS(=O)(=O)NCC1(OC)CCOC1. The predicted octanol–water partition coefficient (Wildman–Crippen LogP) is -0.289. The molecule has 1 fully saturated rings. The lowest BCUT2D eigenvalue weighted by molar-refractivity contribution is -0.0120. The highest BCUT2D eigenvalue weighted by molar-refractivity contribution is 7.89. The van der Waals surface area contributed by atoms with Crippen LogP contribution in [0.5, 0.6) is 0 Å². The molecule has 6 nitrogen and oxygen atoms in total. The van der Waals surface area contributed by atoms with Gasteiger partial charge in [0.25, 0.3) is 0 Å². The molecule has 0 bridgehead atoms. The standard InChI is InChI=1S/C11H24N2O4S/c1-12-6-3-4-8-18(14,15)13-9-11(16-2)5-7-17-10-11/h12-13H,3-10H2,1-2H3. The minimum Gasteiger partial charge on any atom is -0.378 e. The number of unbranched alkanes of at least 4 members (excludes halogenated alkanes) is 1. The van der Waals surface area contributed by atoms with E-state index in [2.05, 4.69) is 10.0 Å². The van der Waals surface area contributed by atoms with E-state index in [0.717, 1.165) is 19.4 Å². The van der Waals surface area contributed by atoms with E-state index in [1.165, 1.54) is 0 Å². The Bertz CT molecular complexity index is 326. The van der Waals surface area contributed by atoms with E-state index in [1.54, 1.807) is 7.11 Å². The number of methoxy groups -OCH3 is 1. The largest absolute Gasteiger partial charge is 0.378 e. The van der Waals surface area contributed by atoms with E-state index in [0.29, 0.717) is 19.6 Å². The molecule has 7 heteroatoms. The summed E-state index contributed by atoms with van der Waals surface area (Å²) in [5, 5.41) is 2.99. The zero-order valence-electron chi connectivity index (χ0n) is 11.2. The molecule has 0 saturated carbocycles. The van der Waals surface area contributed by atoms with E-state index in [1.807, 2.05) is 7.05 Å². The number of hydrogen-bond donors (Lipinski definition) is 2. The molecule has 1 aliphatic heterocycles. The average Bonchev–Trinajstić information content (AvgIpc) is 2.82. The summed E-state index contributed by atoms with van der Waals surface area (Å²) < 4.78 is 36.8. The van der Waals surface area contributed by atoms with Crippen molar-refractivity contribution >= 4 is 10.0 Å². The summed E-state index contributed by atoms with van der Waals surface area (Å²) in [5.41, 5.74) is -0.488. The molecule has 0 radical (unpaired) electrons. The number of hydrogen-bond acceptors (Lipinski definition) is 5. The van der Waals surface area contributed by atoms with Crippen molar-refractivity contribution in [3.05, 3.63) is 0 Å². The molecule has 2 N–H and O–H groups in total. The maximum Gasteiger partial charge on any atom is 0.211 e. The minimum absolute atomic E-state index is 0.162. The fourth-order valence-corrected chi connectivity index (χ4v) is 3.08. The van der Waals surface area contributed by atoms with Crippen molar-refractivity contribution in [1.29, 1.82) is 0 Å². The second-order valence-electron chi connectivity index (χ2n) is 4.64. The summed E-state index contributed by atoms with van der Waals surface area (Å²) in [4.78, 5) is 0. The van der Waals surface area contributed by atoms with E-state index in [4.69, 9.17) is 9.47 Å². The van der Waals surface area contributed by atoms with E-state index in [-0.39, 0.29) is 12.3 Å². The molecule has 0 aromatic carbocycles. The van der Waals surface area contributed by atoms with Crippen LogP contribution in [0.1, 0.15) is 19.3 Å². The van der Waals surface area contributed by atoms with Crippen LogP contribution < -0.4 is 10.0 Å². The summed E-state index contributed by atoms with van der Waals surface area (Å²) in [5.74, 6) is 0.162. The molecule has 0 spiro atoms. The number of ether oxygens (including phenoxy) is 2. The molecule has 1 saturated heterocycles. The molecule has 18 heavy (non-hydrogen) atoms. The summed E-state index contributed by atoms with van der Waals surface area (Å²) in [6, 6.07) is 0. The first-order chi connectivity index (χ1) is 8.54. The Morgan fingerprint density at radius 1 is 1.39 bits per heavy atom. The topological polar surface area (TPSA) is 76.7 Å². The molecular formula is C11H24N2O4S. The Hall–Kier alpha value is -0.210. The third-order valence-electron chi connectivity index (χ3n) is 3.20. The lowest BCUT2D eigenvalue weighted by Gasteiger charge is -2.25. The van der Waals surface area contributed by atoms with Crippen molar-refractivity contribution in [1.82, 2.24) is 10.0 Å². The van der Waals surface area contributed by atoms with Crippen LogP contribution in [0.2, 0.25) is 0 Å². The Labute approximate surface area is 109 Å². The second-order valence-corrected chi connectivity index (χ2v) is 6.57. The van der Waals surface area contributed by atoms with Crippen LogP contribution in [-0.4, -0.2) is 60.2 Å². The first-order valence-corrected chi connectivity index (χ1v) is 7.94. The van der Waals surface area contributed by atoms with Gasteiger partial charge >= 0.3 is 0 Å². The van der Waals surface area contributed by atoms with Crippen molar-refractivity contribution in [2.45, 2.75) is 24.9 Å². The molecule has 0 aromatic heterocycles. The quantitative estimate of drug-likeness (QED) is 0.568. The van der Waals surface area contributed by atoms with Crippen molar-refractivity contribution < 1.29 is 17.9 Å². The summed E-state index contributed by atoms with van der Waals surface area (Å²) >= 11 is 0. The van der Waals surface area contributed by atoms with Crippen molar-refractivity contribution in [2.75, 3.05) is 46.2 Å². The summed E-state index contributed by atoms with van der Waals surface area (Å²) in [7, 11) is 0.238. The first kappa shape index (κ1) is 15.8. The maximum atomic E-state index is 11.8. The normalized spacial score (nSPS) is 24.6. The average molecular weight is 280 g/mol. The molecule has 0 aliphatic carbocycles. The van der Waals surface area contributed by atoms with Gasteiger partial charge in [-0.25, -0.2) is 13.1 Å². The van der Waals surface area contributed by atoms with E-state index in [9.17, 15) is 8.42 Å². The van der Waals surface area contributed by atoms with Crippen LogP contribution in [-0.2, 0) is 19.5 Å². The van der Waals surface area contributed by atoms with E-state index < -0.39 is 15.6 Å². The maximum absolute atomic E-state index is 11.8. The zero-order chi connectivity index (χ0) is 13.5. The van der Waals surface area contributed by atoms with E-state index >= 15 is 0 Å². The number of nitrogens with one attached hydrogen (secondary N) is 2. The third-order valence-corrected chi connectivity index (χ3v) is 4.61. The van der Waals surface area contributed by atoms with Gasteiger partial charge < -0.3 is 14.8 Å². The van der Waals surface area contributed by atoms with Gasteiger partial charge in [-0.1, -0.05) is 0 Å². The van der Waals surface area contributed by atoms with Gasteiger partial charge in [-0.3, -0.25) is 0 Å². The van der Waals surface area contributed by atoms with Crippen LogP contribution in [0, 0.1) is 0 Å². The minimum atomic E-state index is -3.21. The number of rotatable bonds is 9. The molecule has 1 heterocycles. The lowest BCUT2D eigenvalue weighted by atomic mass is 10.0. The van der Waals surface area contributed by atoms with Gasteiger partial charge in [0.15, 0.2) is 0 Å². The summed E-state index contributed by atoms with van der Waals surface area (Å²) in [6.45, 7) is 2.20. The second kappa shape index (κ2) is 7.40. The number of sulfonamides is 1. The van der Waals surface area contributed by atoms with Crippen LogP contribution >= 0.6 is 0 Å². The Morgan fingerprint density at radius 3 is 2.72 bits per heavy atom. The highest BCUT2D eigenvalue weighted by Gasteiger charge is 2.35. The lowest BCUT2D eigenvalue weighted by Crippen LogP contribution is -2.45. The fraction of sp³-hybridized carbons (Fsp3) is 1.00. The van der Waals surface area contributed by atoms with Gasteiger partial charge in [-0.05, 0) is 26.4 Å². The summed E-state index contributed by atoms with van der Waals surface area (Å²) in [6.07, 6.45) is 2.24. The van der Waals surface area contributed by atoms with Crippen LogP contribution in [0.25, 0.3) is 0 Å². The van der Waals surface area contributed by atoms with Crippen LogP contribution in [0.15, 0.2) is 0 Å². The monoisotopic (exact) mass is 280 g/mol. The van der Waals surface area contributed by atoms with Gasteiger partial charge in [0.05, 0.1) is 12.4 Å². The van der Waals surface area contributed by atoms with Crippen LogP contribution in [0.3, 0.4) is 0 Å². The van der Waals surface area contributed by atoms with Gasteiger partial charge in [0.2, 0.25) is 10.0 Å². The van der Waals surface area contributed by atoms with Crippen molar-refractivity contribution in [3.8, 4) is 0 Å². The molecule has 0 aromatic rings. The molecule has 1 aliphatic rings. The predicted molar refractivity (Wildman–Crippen MR) is 70.1 cm³/mol. The van der Waals surface area contributed by atoms with Crippen LogP contribution in [0.4, 0.5) is 0 Å². The highest BCUT2D eigenvalue weighted by atomic mass is 32.2. The Balaban J connectivity index is 2.31. The third kappa shape index (κ3) is 5.19. The van der Waals surface area contributed by atoms with Gasteiger partial charge in [0.1, 0.15) is 5.60 Å². The van der Waals surface area contributed by atoms with Gasteiger partial charge in [-0.2, -0.15) is 0 Å². The van der Waals surface area contributed by atoms with Crippen molar-refractivity contribution in [3.63, 3.8) is 0 Å². The first-order valence-electron chi connectivity index (χ1n) is 6.28.